The Morgan fingerprint density at radius 1 is 0.933 bits per heavy atom. The van der Waals surface area contributed by atoms with Crippen molar-refractivity contribution in [1.82, 2.24) is 0 Å². The lowest BCUT2D eigenvalue weighted by atomic mass is 9.69. The summed E-state index contributed by atoms with van der Waals surface area (Å²) in [6.07, 6.45) is 7.46. The highest BCUT2D eigenvalue weighted by Gasteiger charge is 2.48. The van der Waals surface area contributed by atoms with Crippen molar-refractivity contribution < 1.29 is 9.53 Å². The maximum Gasteiger partial charge on any atom is 0.313 e. The standard InChI is InChI=1S/C28H38O2/c1-5-27(4,21-22(2)3)26(29)30-28(23-15-9-6-10-16-23,24-17-11-7-12-18-24)25-19-13-8-14-20-25/h6-7,9-12,15-18,22,25H,5,8,13-14,19-21H2,1-4H3. The number of rotatable bonds is 8. The van der Waals surface area contributed by atoms with Crippen molar-refractivity contribution >= 4 is 5.97 Å². The molecular formula is C28H38O2. The normalized spacial score (nSPS) is 17.5. The molecule has 2 aromatic carbocycles. The maximum absolute atomic E-state index is 13.8. The molecule has 0 aliphatic heterocycles. The van der Waals surface area contributed by atoms with Gasteiger partial charge in [0.25, 0.3) is 0 Å². The van der Waals surface area contributed by atoms with Crippen molar-refractivity contribution in [2.24, 2.45) is 17.3 Å². The summed E-state index contributed by atoms with van der Waals surface area (Å²) in [5.74, 6) is 0.678. The lowest BCUT2D eigenvalue weighted by Crippen LogP contribution is -2.45. The van der Waals surface area contributed by atoms with Gasteiger partial charge in [-0.15, -0.1) is 0 Å². The largest absolute Gasteiger partial charge is 0.449 e. The Bertz CT molecular complexity index is 750. The number of esters is 1. The molecule has 3 rings (SSSR count). The quantitative estimate of drug-likeness (QED) is 0.424. The molecule has 1 aliphatic carbocycles. The molecule has 0 N–H and O–H groups in total. The van der Waals surface area contributed by atoms with E-state index >= 15 is 0 Å². The van der Waals surface area contributed by atoms with Crippen LogP contribution in [-0.2, 0) is 15.1 Å². The molecule has 0 saturated heterocycles. The summed E-state index contributed by atoms with van der Waals surface area (Å²) in [6, 6.07) is 20.9. The average molecular weight is 407 g/mol. The van der Waals surface area contributed by atoms with Crippen LogP contribution >= 0.6 is 0 Å². The molecule has 1 fully saturated rings. The molecule has 0 heterocycles. The number of benzene rings is 2. The fourth-order valence-electron chi connectivity index (χ4n) is 5.26. The fourth-order valence-corrected chi connectivity index (χ4v) is 5.26. The SMILES string of the molecule is CCC(C)(CC(C)C)C(=O)OC(c1ccccc1)(c1ccccc1)C1CCCCC1. The third kappa shape index (κ3) is 4.63. The molecule has 1 saturated carbocycles. The van der Waals surface area contributed by atoms with E-state index in [-0.39, 0.29) is 5.97 Å². The number of hydrogen-bond donors (Lipinski definition) is 0. The van der Waals surface area contributed by atoms with Gasteiger partial charge in [-0.2, -0.15) is 0 Å². The first kappa shape index (κ1) is 22.6. The topological polar surface area (TPSA) is 26.3 Å². The summed E-state index contributed by atoms with van der Waals surface area (Å²) >= 11 is 0. The molecule has 2 aromatic rings. The van der Waals surface area contributed by atoms with Gasteiger partial charge in [0.15, 0.2) is 5.60 Å². The Morgan fingerprint density at radius 2 is 1.43 bits per heavy atom. The van der Waals surface area contributed by atoms with Crippen LogP contribution < -0.4 is 0 Å². The highest BCUT2D eigenvalue weighted by atomic mass is 16.6. The molecule has 0 bridgehead atoms. The Balaban J connectivity index is 2.14. The molecule has 2 nitrogen and oxygen atoms in total. The first-order chi connectivity index (χ1) is 14.4. The van der Waals surface area contributed by atoms with Crippen LogP contribution in [0.4, 0.5) is 0 Å². The predicted octanol–water partition coefficient (Wildman–Crippen LogP) is 7.52. The number of hydrogen-bond acceptors (Lipinski definition) is 2. The lowest BCUT2D eigenvalue weighted by Gasteiger charge is -2.45. The smallest absolute Gasteiger partial charge is 0.313 e. The van der Waals surface area contributed by atoms with E-state index in [0.29, 0.717) is 11.8 Å². The zero-order chi connectivity index (χ0) is 21.6. The fraction of sp³-hybridized carbons (Fsp3) is 0.536. The van der Waals surface area contributed by atoms with Gasteiger partial charge in [0.2, 0.25) is 0 Å². The summed E-state index contributed by atoms with van der Waals surface area (Å²) < 4.78 is 6.77. The zero-order valence-electron chi connectivity index (χ0n) is 19.2. The van der Waals surface area contributed by atoms with Gasteiger partial charge in [-0.1, -0.05) is 101 Å². The van der Waals surface area contributed by atoms with Gasteiger partial charge in [0.05, 0.1) is 5.41 Å². The van der Waals surface area contributed by atoms with Crippen LogP contribution in [-0.4, -0.2) is 5.97 Å². The second-order valence-electron chi connectivity index (χ2n) is 9.70. The van der Waals surface area contributed by atoms with Gasteiger partial charge in [0.1, 0.15) is 0 Å². The van der Waals surface area contributed by atoms with E-state index in [1.807, 2.05) is 12.1 Å². The first-order valence-corrected chi connectivity index (χ1v) is 11.8. The molecule has 0 aromatic heterocycles. The molecule has 0 radical (unpaired) electrons. The molecule has 1 unspecified atom stereocenters. The minimum absolute atomic E-state index is 0.0584. The third-order valence-electron chi connectivity index (χ3n) is 6.97. The van der Waals surface area contributed by atoms with E-state index in [0.717, 1.165) is 36.8 Å². The average Bonchev–Trinajstić information content (AvgIpc) is 2.78. The molecule has 30 heavy (non-hydrogen) atoms. The second kappa shape index (κ2) is 9.81. The van der Waals surface area contributed by atoms with Crippen molar-refractivity contribution in [3.63, 3.8) is 0 Å². The molecule has 0 spiro atoms. The zero-order valence-corrected chi connectivity index (χ0v) is 19.2. The van der Waals surface area contributed by atoms with E-state index in [2.05, 4.69) is 76.2 Å². The monoisotopic (exact) mass is 406 g/mol. The maximum atomic E-state index is 13.8. The van der Waals surface area contributed by atoms with Crippen molar-refractivity contribution in [3.8, 4) is 0 Å². The van der Waals surface area contributed by atoms with Crippen molar-refractivity contribution in [3.05, 3.63) is 71.8 Å². The number of ether oxygens (including phenoxy) is 1. The summed E-state index contributed by atoms with van der Waals surface area (Å²) in [5, 5.41) is 0. The van der Waals surface area contributed by atoms with E-state index in [4.69, 9.17) is 4.74 Å². The molecule has 2 heteroatoms. The van der Waals surface area contributed by atoms with Crippen LogP contribution in [0.5, 0.6) is 0 Å². The summed E-state index contributed by atoms with van der Waals surface area (Å²) in [4.78, 5) is 13.8. The molecule has 1 atom stereocenters. The first-order valence-electron chi connectivity index (χ1n) is 11.8. The molecule has 0 amide bonds. The van der Waals surface area contributed by atoms with Gasteiger partial charge in [-0.25, -0.2) is 0 Å². The summed E-state index contributed by atoms with van der Waals surface area (Å²) in [7, 11) is 0. The Labute approximate surface area is 183 Å². The Morgan fingerprint density at radius 3 is 1.87 bits per heavy atom. The van der Waals surface area contributed by atoms with Crippen LogP contribution in [0.25, 0.3) is 0 Å². The van der Waals surface area contributed by atoms with E-state index in [1.54, 1.807) is 0 Å². The van der Waals surface area contributed by atoms with Crippen molar-refractivity contribution in [2.75, 3.05) is 0 Å². The molecule has 1 aliphatic rings. The van der Waals surface area contributed by atoms with Crippen molar-refractivity contribution in [2.45, 2.75) is 78.2 Å². The summed E-state index contributed by atoms with van der Waals surface area (Å²) in [6.45, 7) is 8.56. The van der Waals surface area contributed by atoms with Crippen LogP contribution in [0.3, 0.4) is 0 Å². The van der Waals surface area contributed by atoms with Crippen LogP contribution in [0, 0.1) is 17.3 Å². The Hall–Kier alpha value is -2.09. The lowest BCUT2D eigenvalue weighted by molar-refractivity contribution is -0.177. The van der Waals surface area contributed by atoms with E-state index in [1.165, 1.54) is 19.3 Å². The predicted molar refractivity (Wildman–Crippen MR) is 124 cm³/mol. The highest BCUT2D eigenvalue weighted by Crippen LogP contribution is 2.48. The molecular weight excluding hydrogens is 368 g/mol. The number of carbonyl (C=O) groups excluding carboxylic acids is 1. The van der Waals surface area contributed by atoms with Crippen LogP contribution in [0.1, 0.15) is 83.8 Å². The highest BCUT2D eigenvalue weighted by molar-refractivity contribution is 5.77. The minimum Gasteiger partial charge on any atom is -0.449 e. The van der Waals surface area contributed by atoms with Gasteiger partial charge in [-0.05, 0) is 38.5 Å². The molecule has 162 valence electrons. The van der Waals surface area contributed by atoms with E-state index in [9.17, 15) is 4.79 Å². The van der Waals surface area contributed by atoms with Gasteiger partial charge in [-0.3, -0.25) is 4.79 Å². The van der Waals surface area contributed by atoms with Crippen LogP contribution in [0.15, 0.2) is 60.7 Å². The van der Waals surface area contributed by atoms with Gasteiger partial charge in [0, 0.05) is 17.0 Å². The number of carbonyl (C=O) groups is 1. The van der Waals surface area contributed by atoms with Crippen LogP contribution in [0.2, 0.25) is 0 Å². The summed E-state index contributed by atoms with van der Waals surface area (Å²) in [5.41, 5.74) is 0.990. The van der Waals surface area contributed by atoms with Crippen molar-refractivity contribution in [1.29, 1.82) is 0 Å². The Kier molecular flexibility index (Phi) is 7.39. The third-order valence-corrected chi connectivity index (χ3v) is 6.97. The van der Waals surface area contributed by atoms with Gasteiger partial charge < -0.3 is 4.74 Å². The minimum atomic E-state index is -0.729. The second-order valence-corrected chi connectivity index (χ2v) is 9.70. The van der Waals surface area contributed by atoms with Gasteiger partial charge >= 0.3 is 5.97 Å². The van der Waals surface area contributed by atoms with E-state index < -0.39 is 11.0 Å².